The number of amides is 1. The molecule has 0 bridgehead atoms. The maximum atomic E-state index is 11.5. The van der Waals surface area contributed by atoms with E-state index in [4.69, 9.17) is 33.7 Å². The van der Waals surface area contributed by atoms with Gasteiger partial charge in [0.2, 0.25) is 5.91 Å². The lowest BCUT2D eigenvalue weighted by Gasteiger charge is -2.09. The van der Waals surface area contributed by atoms with Gasteiger partial charge in [0.15, 0.2) is 0 Å². The summed E-state index contributed by atoms with van der Waals surface area (Å²) in [6.45, 7) is 2.96. The molecule has 21 heavy (non-hydrogen) atoms. The zero-order valence-electron chi connectivity index (χ0n) is 11.9. The Morgan fingerprint density at radius 1 is 1.43 bits per heavy atom. The molecule has 1 aromatic rings. The summed E-state index contributed by atoms with van der Waals surface area (Å²) in [5.41, 5.74) is 5.60. The van der Waals surface area contributed by atoms with Gasteiger partial charge < -0.3 is 15.8 Å². The molecule has 0 aromatic heterocycles. The van der Waals surface area contributed by atoms with Crippen LogP contribution in [0.5, 0.6) is 5.75 Å². The van der Waals surface area contributed by atoms with E-state index < -0.39 is 0 Å². The van der Waals surface area contributed by atoms with Crippen molar-refractivity contribution in [1.29, 1.82) is 0 Å². The van der Waals surface area contributed by atoms with Crippen LogP contribution >= 0.6 is 35.6 Å². The molecule has 3 N–H and O–H groups in total. The molecule has 1 amide bonds. The van der Waals surface area contributed by atoms with Crippen molar-refractivity contribution in [2.45, 2.75) is 32.2 Å². The first-order chi connectivity index (χ1) is 9.49. The summed E-state index contributed by atoms with van der Waals surface area (Å²) in [4.78, 5) is 11.5. The van der Waals surface area contributed by atoms with Gasteiger partial charge in [-0.15, -0.1) is 12.4 Å². The van der Waals surface area contributed by atoms with E-state index in [0.29, 0.717) is 41.8 Å². The quantitative estimate of drug-likeness (QED) is 0.702. The van der Waals surface area contributed by atoms with Crippen LogP contribution in [0.3, 0.4) is 0 Å². The van der Waals surface area contributed by atoms with Gasteiger partial charge in [0.05, 0.1) is 11.6 Å². The summed E-state index contributed by atoms with van der Waals surface area (Å²) in [6.07, 6.45) is 1.83. The zero-order chi connectivity index (χ0) is 15.0. The molecule has 1 rings (SSSR count). The molecule has 0 aliphatic carbocycles. The van der Waals surface area contributed by atoms with Crippen molar-refractivity contribution in [2.24, 2.45) is 5.73 Å². The second kappa shape index (κ2) is 11.0. The van der Waals surface area contributed by atoms with Crippen molar-refractivity contribution >= 4 is 41.5 Å². The summed E-state index contributed by atoms with van der Waals surface area (Å²) in [6, 6.07) is 5.15. The van der Waals surface area contributed by atoms with Gasteiger partial charge in [0.1, 0.15) is 5.75 Å². The lowest BCUT2D eigenvalue weighted by Crippen LogP contribution is -2.28. The van der Waals surface area contributed by atoms with Gasteiger partial charge in [-0.25, -0.2) is 0 Å². The van der Waals surface area contributed by atoms with Crippen LogP contribution in [0.15, 0.2) is 18.2 Å². The summed E-state index contributed by atoms with van der Waals surface area (Å²) in [5, 5.41) is 3.85. The maximum Gasteiger partial charge on any atom is 0.220 e. The molecule has 0 heterocycles. The fraction of sp³-hybridized carbons (Fsp3) is 0.500. The van der Waals surface area contributed by atoms with Gasteiger partial charge in [-0.05, 0) is 38.0 Å². The summed E-state index contributed by atoms with van der Waals surface area (Å²) < 4.78 is 5.49. The molecule has 4 nitrogen and oxygen atoms in total. The Hall–Kier alpha value is -0.680. The van der Waals surface area contributed by atoms with Crippen LogP contribution in [-0.2, 0) is 4.79 Å². The van der Waals surface area contributed by atoms with E-state index in [1.165, 1.54) is 0 Å². The third-order valence-electron chi connectivity index (χ3n) is 2.62. The molecule has 7 heteroatoms. The minimum absolute atomic E-state index is 0. The number of hydrogen-bond acceptors (Lipinski definition) is 3. The number of rotatable bonds is 8. The highest BCUT2D eigenvalue weighted by molar-refractivity contribution is 6.35. The fourth-order valence-corrected chi connectivity index (χ4v) is 2.00. The number of benzene rings is 1. The summed E-state index contributed by atoms with van der Waals surface area (Å²) in [5.74, 6) is 0.588. The Bertz CT molecular complexity index is 442. The Labute approximate surface area is 141 Å². The number of hydrogen-bond donors (Lipinski definition) is 2. The van der Waals surface area contributed by atoms with Crippen molar-refractivity contribution < 1.29 is 9.53 Å². The molecule has 0 aliphatic rings. The molecule has 0 spiro atoms. The Balaban J connectivity index is 0.00000400. The molecule has 0 saturated carbocycles. The Morgan fingerprint density at radius 3 is 2.76 bits per heavy atom. The minimum Gasteiger partial charge on any atom is -0.492 e. The molecular formula is C14H21Cl3N2O2. The van der Waals surface area contributed by atoms with Crippen LogP contribution in [0.4, 0.5) is 0 Å². The molecule has 120 valence electrons. The largest absolute Gasteiger partial charge is 0.492 e. The molecule has 1 aromatic carbocycles. The van der Waals surface area contributed by atoms with E-state index in [-0.39, 0.29) is 24.4 Å². The molecule has 0 saturated heterocycles. The van der Waals surface area contributed by atoms with Crippen LogP contribution < -0.4 is 15.8 Å². The first-order valence-corrected chi connectivity index (χ1v) is 7.34. The summed E-state index contributed by atoms with van der Waals surface area (Å²) >= 11 is 11.8. The molecule has 0 fully saturated rings. The number of halogens is 3. The Kier molecular flexibility index (Phi) is 10.6. The molecule has 0 aliphatic heterocycles. The van der Waals surface area contributed by atoms with Gasteiger partial charge >= 0.3 is 0 Å². The van der Waals surface area contributed by atoms with Crippen molar-refractivity contribution in [3.8, 4) is 5.75 Å². The molecule has 1 atom stereocenters. The van der Waals surface area contributed by atoms with E-state index >= 15 is 0 Å². The highest BCUT2D eigenvalue weighted by Gasteiger charge is 2.04. The van der Waals surface area contributed by atoms with Crippen LogP contribution in [-0.4, -0.2) is 25.1 Å². The van der Waals surface area contributed by atoms with Crippen molar-refractivity contribution in [3.63, 3.8) is 0 Å². The first kappa shape index (κ1) is 20.3. The molecular weight excluding hydrogens is 335 g/mol. The van der Waals surface area contributed by atoms with Gasteiger partial charge in [0.25, 0.3) is 0 Å². The van der Waals surface area contributed by atoms with Gasteiger partial charge in [-0.2, -0.15) is 0 Å². The normalized spacial score (nSPS) is 11.4. The van der Waals surface area contributed by atoms with Crippen molar-refractivity contribution in [3.05, 3.63) is 28.2 Å². The topological polar surface area (TPSA) is 64.3 Å². The standard InChI is InChI=1S/C14H20Cl2N2O2.ClH/c1-10(17)6-7-18-14(19)3-2-8-20-13-5-4-11(15)9-12(13)16;/h4-5,9-10H,2-3,6-8,17H2,1H3,(H,18,19);1H. The highest BCUT2D eigenvalue weighted by atomic mass is 35.5. The number of carbonyl (C=O) groups is 1. The predicted octanol–water partition coefficient (Wildman–Crippen LogP) is 3.43. The first-order valence-electron chi connectivity index (χ1n) is 6.59. The number of nitrogens with two attached hydrogens (primary N) is 1. The highest BCUT2D eigenvalue weighted by Crippen LogP contribution is 2.27. The van der Waals surface area contributed by atoms with Crippen LogP contribution in [0.2, 0.25) is 10.0 Å². The van der Waals surface area contributed by atoms with Crippen LogP contribution in [0, 0.1) is 0 Å². The lowest BCUT2D eigenvalue weighted by atomic mass is 10.2. The average molecular weight is 356 g/mol. The Morgan fingerprint density at radius 2 is 2.14 bits per heavy atom. The van der Waals surface area contributed by atoms with Crippen LogP contribution in [0.1, 0.15) is 26.2 Å². The molecule has 0 radical (unpaired) electrons. The number of carbonyl (C=O) groups excluding carboxylic acids is 1. The third kappa shape index (κ3) is 9.04. The summed E-state index contributed by atoms with van der Waals surface area (Å²) in [7, 11) is 0. The van der Waals surface area contributed by atoms with Gasteiger partial charge in [0, 0.05) is 24.0 Å². The van der Waals surface area contributed by atoms with E-state index in [0.717, 1.165) is 6.42 Å². The van der Waals surface area contributed by atoms with E-state index in [1.54, 1.807) is 18.2 Å². The molecule has 1 unspecified atom stereocenters. The monoisotopic (exact) mass is 354 g/mol. The maximum absolute atomic E-state index is 11.5. The second-order valence-electron chi connectivity index (χ2n) is 4.64. The van der Waals surface area contributed by atoms with E-state index in [1.807, 2.05) is 6.92 Å². The predicted molar refractivity (Wildman–Crippen MR) is 89.7 cm³/mol. The van der Waals surface area contributed by atoms with Gasteiger partial charge in [-0.3, -0.25) is 4.79 Å². The second-order valence-corrected chi connectivity index (χ2v) is 5.49. The van der Waals surface area contributed by atoms with Gasteiger partial charge in [-0.1, -0.05) is 23.2 Å². The van der Waals surface area contributed by atoms with E-state index in [2.05, 4.69) is 5.32 Å². The number of nitrogens with one attached hydrogen (secondary N) is 1. The third-order valence-corrected chi connectivity index (χ3v) is 3.15. The van der Waals surface area contributed by atoms with Crippen LogP contribution in [0.25, 0.3) is 0 Å². The number of ether oxygens (including phenoxy) is 1. The van der Waals surface area contributed by atoms with Crippen molar-refractivity contribution in [2.75, 3.05) is 13.2 Å². The fourth-order valence-electron chi connectivity index (χ4n) is 1.53. The minimum atomic E-state index is 0. The lowest BCUT2D eigenvalue weighted by molar-refractivity contribution is -0.121. The van der Waals surface area contributed by atoms with E-state index in [9.17, 15) is 4.79 Å². The average Bonchev–Trinajstić information content (AvgIpc) is 2.36. The van der Waals surface area contributed by atoms with Crippen molar-refractivity contribution in [1.82, 2.24) is 5.32 Å². The SMILES string of the molecule is CC(N)CCNC(=O)CCCOc1ccc(Cl)cc1Cl.Cl. The smallest absolute Gasteiger partial charge is 0.220 e. The zero-order valence-corrected chi connectivity index (χ0v) is 14.2.